The molecule has 2 aromatic rings. The van der Waals surface area contributed by atoms with Gasteiger partial charge in [-0.1, -0.05) is 20.8 Å². The van der Waals surface area contributed by atoms with Crippen LogP contribution in [0.4, 0.5) is 5.69 Å². The second-order valence-electron chi connectivity index (χ2n) is 10.2. The lowest BCUT2D eigenvalue weighted by Gasteiger charge is -2.31. The molecule has 2 aromatic carbocycles. The Bertz CT molecular complexity index is 1180. The SMILES string of the molecule is CCOc1cc2c(cc1C(=O)NC)C(=N)N(CC(=O)c1cc(N3CCOCC3)[c]c(C(C)(C)C)c1)C2. The molecule has 8 nitrogen and oxygen atoms in total. The Morgan fingerprint density at radius 3 is 2.53 bits per heavy atom. The van der Waals surface area contributed by atoms with Crippen molar-refractivity contribution in [3.05, 3.63) is 58.1 Å². The first-order valence-electron chi connectivity index (χ1n) is 12.4. The highest BCUT2D eigenvalue weighted by Gasteiger charge is 2.30. The molecule has 0 aromatic heterocycles. The summed E-state index contributed by atoms with van der Waals surface area (Å²) in [5.74, 6) is 0.395. The zero-order valence-corrected chi connectivity index (χ0v) is 21.8. The molecular weight excluding hydrogens is 456 g/mol. The van der Waals surface area contributed by atoms with Crippen LogP contribution in [0.1, 0.15) is 65.1 Å². The van der Waals surface area contributed by atoms with Crippen molar-refractivity contribution in [3.8, 4) is 5.75 Å². The monoisotopic (exact) mass is 491 g/mol. The molecule has 1 saturated heterocycles. The van der Waals surface area contributed by atoms with Crippen molar-refractivity contribution in [3.63, 3.8) is 0 Å². The highest BCUT2D eigenvalue weighted by Crippen LogP contribution is 2.32. The molecule has 2 aliphatic rings. The van der Waals surface area contributed by atoms with Crippen LogP contribution in [-0.4, -0.2) is 68.9 Å². The van der Waals surface area contributed by atoms with E-state index in [4.69, 9.17) is 14.9 Å². The summed E-state index contributed by atoms with van der Waals surface area (Å²) in [5.41, 5.74) is 4.24. The fourth-order valence-electron chi connectivity index (χ4n) is 4.51. The molecule has 1 radical (unpaired) electrons. The minimum absolute atomic E-state index is 0.0573. The molecule has 4 rings (SSSR count). The first kappa shape index (κ1) is 25.7. The Morgan fingerprint density at radius 1 is 1.17 bits per heavy atom. The number of morpholine rings is 1. The van der Waals surface area contributed by atoms with Gasteiger partial charge in [-0.2, -0.15) is 0 Å². The average molecular weight is 492 g/mol. The van der Waals surface area contributed by atoms with Crippen molar-refractivity contribution in [1.82, 2.24) is 10.2 Å². The third kappa shape index (κ3) is 5.23. The fourth-order valence-corrected chi connectivity index (χ4v) is 4.51. The molecule has 2 N–H and O–H groups in total. The number of carbonyl (C=O) groups is 2. The van der Waals surface area contributed by atoms with Crippen molar-refractivity contribution in [2.45, 2.75) is 39.7 Å². The quantitative estimate of drug-likeness (QED) is 0.577. The Morgan fingerprint density at radius 2 is 1.89 bits per heavy atom. The van der Waals surface area contributed by atoms with Crippen LogP contribution >= 0.6 is 0 Å². The van der Waals surface area contributed by atoms with Crippen molar-refractivity contribution >= 4 is 23.2 Å². The molecule has 191 valence electrons. The molecule has 2 aliphatic heterocycles. The van der Waals surface area contributed by atoms with Crippen molar-refractivity contribution in [2.75, 3.05) is 51.4 Å². The number of benzene rings is 2. The van der Waals surface area contributed by atoms with Gasteiger partial charge in [-0.3, -0.25) is 15.0 Å². The van der Waals surface area contributed by atoms with Crippen molar-refractivity contribution < 1.29 is 19.1 Å². The van der Waals surface area contributed by atoms with Gasteiger partial charge in [0.25, 0.3) is 5.91 Å². The molecule has 0 unspecified atom stereocenters. The van der Waals surface area contributed by atoms with E-state index in [0.717, 1.165) is 29.9 Å². The summed E-state index contributed by atoms with van der Waals surface area (Å²) < 4.78 is 11.2. The lowest BCUT2D eigenvalue weighted by molar-refractivity contribution is 0.0953. The van der Waals surface area contributed by atoms with Crippen molar-refractivity contribution in [1.29, 1.82) is 5.41 Å². The van der Waals surface area contributed by atoms with Crippen LogP contribution in [0, 0.1) is 11.5 Å². The lowest BCUT2D eigenvalue weighted by atomic mass is 9.85. The van der Waals surface area contributed by atoms with Crippen LogP contribution < -0.4 is 15.0 Å². The van der Waals surface area contributed by atoms with Crippen LogP contribution in [0.25, 0.3) is 0 Å². The predicted octanol–water partition coefficient (Wildman–Crippen LogP) is 3.40. The van der Waals surface area contributed by atoms with Crippen molar-refractivity contribution in [2.24, 2.45) is 0 Å². The van der Waals surface area contributed by atoms with E-state index < -0.39 is 0 Å². The van der Waals surface area contributed by atoms with E-state index in [-0.39, 0.29) is 29.5 Å². The number of ether oxygens (including phenoxy) is 2. The Labute approximate surface area is 213 Å². The molecule has 8 heteroatoms. The summed E-state index contributed by atoms with van der Waals surface area (Å²) in [5, 5.41) is 11.4. The number of fused-ring (bicyclic) bond motifs is 1. The maximum absolute atomic E-state index is 13.5. The Kier molecular flexibility index (Phi) is 7.36. The maximum Gasteiger partial charge on any atom is 0.254 e. The van der Waals surface area contributed by atoms with Gasteiger partial charge >= 0.3 is 0 Å². The van der Waals surface area contributed by atoms with E-state index in [9.17, 15) is 9.59 Å². The molecule has 2 heterocycles. The van der Waals surface area contributed by atoms with E-state index in [2.05, 4.69) is 37.1 Å². The number of Topliss-reactive ketones (excluding diaryl/α,β-unsaturated/α-hetero) is 1. The minimum atomic E-state index is -0.269. The van der Waals surface area contributed by atoms with E-state index in [0.29, 0.717) is 48.8 Å². The predicted molar refractivity (Wildman–Crippen MR) is 140 cm³/mol. The fraction of sp³-hybridized carbons (Fsp3) is 0.464. The number of carbonyl (C=O) groups excluding carboxylic acids is 2. The number of anilines is 1. The van der Waals surface area contributed by atoms with E-state index >= 15 is 0 Å². The number of nitrogens with zero attached hydrogens (tertiary/aromatic N) is 2. The number of amidine groups is 1. The van der Waals surface area contributed by atoms with Gasteiger partial charge in [0.1, 0.15) is 11.6 Å². The minimum Gasteiger partial charge on any atom is -0.493 e. The number of nitrogens with one attached hydrogen (secondary N) is 2. The first-order valence-corrected chi connectivity index (χ1v) is 12.4. The van der Waals surface area contributed by atoms with Gasteiger partial charge in [-0.15, -0.1) is 0 Å². The zero-order chi connectivity index (χ0) is 26.0. The van der Waals surface area contributed by atoms with Crippen LogP contribution in [0.2, 0.25) is 0 Å². The number of amides is 1. The first-order chi connectivity index (χ1) is 17.1. The van der Waals surface area contributed by atoms with E-state index in [1.165, 1.54) is 0 Å². The van der Waals surface area contributed by atoms with Gasteiger partial charge < -0.3 is 24.6 Å². The second-order valence-corrected chi connectivity index (χ2v) is 10.2. The van der Waals surface area contributed by atoms with Gasteiger partial charge in [0, 0.05) is 49.6 Å². The number of ketones is 1. The van der Waals surface area contributed by atoms with Crippen LogP contribution in [0.3, 0.4) is 0 Å². The molecule has 0 aliphatic carbocycles. The smallest absolute Gasteiger partial charge is 0.254 e. The second kappa shape index (κ2) is 10.3. The molecule has 1 amide bonds. The molecule has 36 heavy (non-hydrogen) atoms. The molecule has 1 fully saturated rings. The van der Waals surface area contributed by atoms with E-state index in [1.54, 1.807) is 18.0 Å². The summed E-state index contributed by atoms with van der Waals surface area (Å²) in [6.45, 7) is 12.0. The highest BCUT2D eigenvalue weighted by molar-refractivity contribution is 6.07. The summed E-state index contributed by atoms with van der Waals surface area (Å²) in [6, 6.07) is 10.9. The zero-order valence-electron chi connectivity index (χ0n) is 21.8. The van der Waals surface area contributed by atoms with Gasteiger partial charge in [0.05, 0.1) is 31.9 Å². The molecule has 0 spiro atoms. The summed E-state index contributed by atoms with van der Waals surface area (Å²) >= 11 is 0. The Hall–Kier alpha value is -3.39. The van der Waals surface area contributed by atoms with Crippen LogP contribution in [0.15, 0.2) is 24.3 Å². The van der Waals surface area contributed by atoms with Gasteiger partial charge in [-0.05, 0) is 47.7 Å². The normalized spacial score (nSPS) is 15.6. The maximum atomic E-state index is 13.5. The third-order valence-electron chi connectivity index (χ3n) is 6.58. The number of hydrogen-bond acceptors (Lipinski definition) is 6. The third-order valence-corrected chi connectivity index (χ3v) is 6.58. The topological polar surface area (TPSA) is 95.0 Å². The summed E-state index contributed by atoms with van der Waals surface area (Å²) in [7, 11) is 1.57. The molecule has 0 atom stereocenters. The van der Waals surface area contributed by atoms with Crippen LogP contribution in [0.5, 0.6) is 5.75 Å². The van der Waals surface area contributed by atoms with Gasteiger partial charge in [0.2, 0.25) is 0 Å². The highest BCUT2D eigenvalue weighted by atomic mass is 16.5. The molecule has 0 bridgehead atoms. The number of rotatable bonds is 7. The standard InChI is InChI=1S/C28H35N4O4/c1-6-36-25-13-19-16-32(26(29)22(19)15-23(25)27(34)30-5)17-24(33)18-11-20(28(2,3)4)14-21(12-18)31-7-9-35-10-8-31/h11-13,15,29H,6-10,16-17H2,1-5H3,(H,30,34). The van der Waals surface area contributed by atoms with Gasteiger partial charge in [0.15, 0.2) is 5.78 Å². The lowest BCUT2D eigenvalue weighted by Crippen LogP contribution is -2.36. The largest absolute Gasteiger partial charge is 0.493 e. The number of hydrogen-bond donors (Lipinski definition) is 2. The molecular formula is C28H35N4O4. The summed E-state index contributed by atoms with van der Waals surface area (Å²) in [4.78, 5) is 29.9. The van der Waals surface area contributed by atoms with Crippen LogP contribution in [-0.2, 0) is 16.7 Å². The Balaban J connectivity index is 1.60. The molecule has 0 saturated carbocycles. The average Bonchev–Trinajstić information content (AvgIpc) is 3.16. The summed E-state index contributed by atoms with van der Waals surface area (Å²) in [6.07, 6.45) is 0. The van der Waals surface area contributed by atoms with Gasteiger partial charge in [-0.25, -0.2) is 0 Å². The van der Waals surface area contributed by atoms with E-state index in [1.807, 2.05) is 25.1 Å².